The van der Waals surface area contributed by atoms with Crippen LogP contribution < -0.4 is 5.32 Å². The van der Waals surface area contributed by atoms with Crippen LogP contribution in [0.15, 0.2) is 35.1 Å². The quantitative estimate of drug-likeness (QED) is 0.591. The molecule has 1 aromatic heterocycles. The molecule has 0 saturated heterocycles. The first-order valence-corrected chi connectivity index (χ1v) is 7.77. The van der Waals surface area contributed by atoms with Gasteiger partial charge in [0.15, 0.2) is 0 Å². The third kappa shape index (κ3) is 3.55. The molecule has 5 heteroatoms. The zero-order valence-electron chi connectivity index (χ0n) is 10.2. The first-order valence-electron chi connectivity index (χ1n) is 5.90. The number of aromatic nitrogens is 2. The number of halogens is 2. The summed E-state index contributed by atoms with van der Waals surface area (Å²) in [5.74, 6) is 0. The second-order valence-electron chi connectivity index (χ2n) is 4.05. The number of nitrogens with one attached hydrogen (secondary N) is 1. The van der Waals surface area contributed by atoms with Crippen molar-refractivity contribution >= 4 is 38.5 Å². The van der Waals surface area contributed by atoms with E-state index in [0.29, 0.717) is 0 Å². The van der Waals surface area contributed by atoms with Crippen LogP contribution in [0.2, 0.25) is 0 Å². The van der Waals surface area contributed by atoms with Crippen molar-refractivity contribution in [1.29, 1.82) is 0 Å². The largest absolute Gasteiger partial charge is 0.313 e. The van der Waals surface area contributed by atoms with Crippen LogP contribution >= 0.6 is 38.5 Å². The van der Waals surface area contributed by atoms with Gasteiger partial charge in [0.1, 0.15) is 0 Å². The fraction of sp³-hybridized carbons (Fsp3) is 0.308. The average Bonchev–Trinajstić information content (AvgIpc) is 2.78. The summed E-state index contributed by atoms with van der Waals surface area (Å²) in [6, 6.07) is 6.31. The molecule has 0 unspecified atom stereocenters. The topological polar surface area (TPSA) is 29.9 Å². The number of hydrogen-bond donors (Lipinski definition) is 1. The van der Waals surface area contributed by atoms with Crippen LogP contribution in [0.5, 0.6) is 0 Å². The molecule has 1 N–H and O–H groups in total. The second-order valence-corrected chi connectivity index (χ2v) is 6.21. The number of hydrogen-bond acceptors (Lipinski definition) is 2. The monoisotopic (exact) mass is 419 g/mol. The lowest BCUT2D eigenvalue weighted by molar-refractivity contribution is 0.670. The molecule has 1 aromatic carbocycles. The summed E-state index contributed by atoms with van der Waals surface area (Å²) in [4.78, 5) is 0. The van der Waals surface area contributed by atoms with Crippen molar-refractivity contribution < 1.29 is 0 Å². The zero-order valence-corrected chi connectivity index (χ0v) is 13.9. The fourth-order valence-electron chi connectivity index (χ4n) is 1.73. The predicted molar refractivity (Wildman–Crippen MR) is 86.0 cm³/mol. The molecule has 2 aromatic rings. The molecular weight excluding hydrogens is 405 g/mol. The smallest absolute Gasteiger partial charge is 0.0702 e. The van der Waals surface area contributed by atoms with Crippen molar-refractivity contribution in [3.63, 3.8) is 0 Å². The summed E-state index contributed by atoms with van der Waals surface area (Å²) < 4.78 is 4.14. The van der Waals surface area contributed by atoms with Crippen LogP contribution in [0.25, 0.3) is 5.69 Å². The number of benzene rings is 1. The van der Waals surface area contributed by atoms with Gasteiger partial charge in [0, 0.05) is 17.2 Å². The minimum Gasteiger partial charge on any atom is -0.313 e. The van der Waals surface area contributed by atoms with Gasteiger partial charge in [-0.25, -0.2) is 4.68 Å². The molecule has 1 heterocycles. The Kier molecular flexibility index (Phi) is 5.20. The van der Waals surface area contributed by atoms with Crippen LogP contribution in [0.1, 0.15) is 18.9 Å². The Morgan fingerprint density at radius 3 is 2.94 bits per heavy atom. The van der Waals surface area contributed by atoms with Gasteiger partial charge in [0.05, 0.1) is 15.5 Å². The highest BCUT2D eigenvalue weighted by Crippen LogP contribution is 2.20. The molecule has 0 amide bonds. The summed E-state index contributed by atoms with van der Waals surface area (Å²) in [7, 11) is 0. The van der Waals surface area contributed by atoms with Crippen LogP contribution in [0.3, 0.4) is 0 Å². The molecule has 3 nitrogen and oxygen atoms in total. The third-order valence-corrected chi connectivity index (χ3v) is 3.64. The highest BCUT2D eigenvalue weighted by molar-refractivity contribution is 14.1. The molecule has 96 valence electrons. The molecule has 0 aliphatic rings. The van der Waals surface area contributed by atoms with Gasteiger partial charge in [-0.1, -0.05) is 28.9 Å². The number of nitrogens with zero attached hydrogens (tertiary/aromatic N) is 2. The van der Waals surface area contributed by atoms with Crippen LogP contribution in [0.4, 0.5) is 0 Å². The Balaban J connectivity index is 2.29. The Hall–Kier alpha value is -0.400. The van der Waals surface area contributed by atoms with E-state index in [1.165, 1.54) is 5.56 Å². The van der Waals surface area contributed by atoms with Gasteiger partial charge in [0.2, 0.25) is 0 Å². The maximum Gasteiger partial charge on any atom is 0.0702 e. The highest BCUT2D eigenvalue weighted by atomic mass is 127. The lowest BCUT2D eigenvalue weighted by atomic mass is 10.2. The van der Waals surface area contributed by atoms with Gasteiger partial charge in [-0.2, -0.15) is 5.10 Å². The minimum absolute atomic E-state index is 0.868. The molecule has 0 saturated carbocycles. The number of rotatable bonds is 5. The highest BCUT2D eigenvalue weighted by Gasteiger charge is 2.06. The van der Waals surface area contributed by atoms with Crippen molar-refractivity contribution in [2.75, 3.05) is 6.54 Å². The maximum absolute atomic E-state index is 4.38. The average molecular weight is 420 g/mol. The van der Waals surface area contributed by atoms with E-state index in [1.807, 2.05) is 17.1 Å². The fourth-order valence-corrected chi connectivity index (χ4v) is 2.47. The molecule has 0 spiro atoms. The molecule has 0 radical (unpaired) electrons. The van der Waals surface area contributed by atoms with E-state index >= 15 is 0 Å². The van der Waals surface area contributed by atoms with Gasteiger partial charge >= 0.3 is 0 Å². The van der Waals surface area contributed by atoms with Crippen molar-refractivity contribution in [3.8, 4) is 5.69 Å². The van der Waals surface area contributed by atoms with Gasteiger partial charge in [-0.05, 0) is 53.3 Å². The third-order valence-electron chi connectivity index (χ3n) is 2.59. The van der Waals surface area contributed by atoms with Crippen molar-refractivity contribution in [2.24, 2.45) is 0 Å². The Bertz CT molecular complexity index is 525. The van der Waals surface area contributed by atoms with Crippen molar-refractivity contribution in [3.05, 3.63) is 44.2 Å². The summed E-state index contributed by atoms with van der Waals surface area (Å²) in [6.45, 7) is 4.07. The van der Waals surface area contributed by atoms with E-state index in [1.54, 1.807) is 0 Å². The summed E-state index contributed by atoms with van der Waals surface area (Å²) in [6.07, 6.45) is 5.04. The van der Waals surface area contributed by atoms with Crippen molar-refractivity contribution in [2.45, 2.75) is 19.9 Å². The first-order chi connectivity index (χ1) is 8.70. The molecule has 0 fully saturated rings. The summed E-state index contributed by atoms with van der Waals surface area (Å²) in [5.41, 5.74) is 2.38. The summed E-state index contributed by atoms with van der Waals surface area (Å²) in [5, 5.41) is 7.81. The molecule has 2 rings (SSSR count). The predicted octanol–water partition coefficient (Wildman–Crippen LogP) is 3.74. The van der Waals surface area contributed by atoms with Gasteiger partial charge in [-0.15, -0.1) is 0 Å². The Morgan fingerprint density at radius 2 is 2.28 bits per heavy atom. The second kappa shape index (κ2) is 6.68. The van der Waals surface area contributed by atoms with E-state index in [-0.39, 0.29) is 0 Å². The van der Waals surface area contributed by atoms with E-state index < -0.39 is 0 Å². The molecule has 0 bridgehead atoms. The van der Waals surface area contributed by atoms with Crippen LogP contribution in [-0.2, 0) is 6.54 Å². The molecule has 0 atom stereocenters. The standard InChI is InChI=1S/C13H15BrIN3/c1-2-5-16-7-10-3-4-11(14)6-13(10)18-9-12(15)8-17-18/h3-4,6,8-9,16H,2,5,7H2,1H3. The van der Waals surface area contributed by atoms with Gasteiger partial charge in [0.25, 0.3) is 0 Å². The van der Waals surface area contributed by atoms with E-state index in [9.17, 15) is 0 Å². The Labute approximate surface area is 129 Å². The van der Waals surface area contributed by atoms with Gasteiger partial charge in [-0.3, -0.25) is 0 Å². The maximum atomic E-state index is 4.38. The lowest BCUT2D eigenvalue weighted by Crippen LogP contribution is -2.15. The molecular formula is C13H15BrIN3. The molecule has 18 heavy (non-hydrogen) atoms. The van der Waals surface area contributed by atoms with E-state index in [2.05, 4.69) is 74.1 Å². The van der Waals surface area contributed by atoms with Crippen LogP contribution in [-0.4, -0.2) is 16.3 Å². The normalized spacial score (nSPS) is 10.8. The SMILES string of the molecule is CCCNCc1ccc(Br)cc1-n1cc(I)cn1. The van der Waals surface area contributed by atoms with E-state index in [4.69, 9.17) is 0 Å². The zero-order chi connectivity index (χ0) is 13.0. The molecule has 0 aliphatic carbocycles. The van der Waals surface area contributed by atoms with E-state index in [0.717, 1.165) is 33.2 Å². The lowest BCUT2D eigenvalue weighted by Gasteiger charge is -2.11. The minimum atomic E-state index is 0.868. The van der Waals surface area contributed by atoms with Crippen LogP contribution in [0, 0.1) is 3.57 Å². The van der Waals surface area contributed by atoms with Gasteiger partial charge < -0.3 is 5.32 Å². The Morgan fingerprint density at radius 1 is 1.44 bits per heavy atom. The molecule has 0 aliphatic heterocycles. The first kappa shape index (κ1) is 14.0. The summed E-state index contributed by atoms with van der Waals surface area (Å²) >= 11 is 5.79. The van der Waals surface area contributed by atoms with Crippen molar-refractivity contribution in [1.82, 2.24) is 15.1 Å².